The molecule has 2 aromatic carbocycles. The summed E-state index contributed by atoms with van der Waals surface area (Å²) in [5, 5.41) is 17.6. The van der Waals surface area contributed by atoms with E-state index in [-0.39, 0.29) is 35.7 Å². The quantitative estimate of drug-likeness (QED) is 0.399. The van der Waals surface area contributed by atoms with E-state index in [0.717, 1.165) is 24.9 Å². The minimum Gasteiger partial charge on any atom is -0.497 e. The molecule has 3 atom stereocenters. The Kier molecular flexibility index (Phi) is 10.3. The third-order valence-electron chi connectivity index (χ3n) is 6.41. The number of nitrogens with zero attached hydrogens (tertiary/aromatic N) is 1. The second-order valence-electron chi connectivity index (χ2n) is 9.81. The molecule has 9 heteroatoms. The number of carbonyl (C=O) groups is 1. The molecule has 36 heavy (non-hydrogen) atoms. The van der Waals surface area contributed by atoms with Gasteiger partial charge in [0.25, 0.3) is 0 Å². The molecular weight excluding hydrogens is 478 g/mol. The minimum absolute atomic E-state index is 0.0423. The molecule has 0 radical (unpaired) electrons. The van der Waals surface area contributed by atoms with Crippen LogP contribution in [0.4, 0.5) is 0 Å². The predicted octanol–water partition coefficient (Wildman–Crippen LogP) is 2.43. The molecule has 1 heterocycles. The van der Waals surface area contributed by atoms with Gasteiger partial charge in [0.15, 0.2) is 0 Å². The Morgan fingerprint density at radius 1 is 1.14 bits per heavy atom. The van der Waals surface area contributed by atoms with E-state index in [1.807, 2.05) is 44.2 Å². The molecule has 1 aliphatic heterocycles. The number of ether oxygens (including phenoxy) is 1. The number of nitrogens with one attached hydrogen (secondary N) is 2. The standard InChI is InChI=1S/C27H39N3O5S/c1-20(2)18-30(36(33,34)24-13-11-23(35-3)12-14-24)19-26(31)25(16-21-8-5-4-6-9-21)29-27(32)22-10-7-15-28-17-22/h4-6,8-9,11-14,20,22,25-26,28,31H,7,10,15-19H2,1-3H3,(H,29,32)/t22-,25-,26+/m0/s1. The predicted molar refractivity (Wildman–Crippen MR) is 140 cm³/mol. The Bertz CT molecular complexity index is 1050. The number of amides is 1. The number of rotatable bonds is 12. The van der Waals surface area contributed by atoms with Gasteiger partial charge in [-0.15, -0.1) is 0 Å². The molecule has 2 aromatic rings. The molecule has 3 N–H and O–H groups in total. The highest BCUT2D eigenvalue weighted by Gasteiger charge is 2.32. The molecule has 198 valence electrons. The van der Waals surface area contributed by atoms with Gasteiger partial charge in [-0.1, -0.05) is 44.2 Å². The Balaban J connectivity index is 1.83. The average Bonchev–Trinajstić information content (AvgIpc) is 2.88. The minimum atomic E-state index is -3.88. The van der Waals surface area contributed by atoms with E-state index in [1.54, 1.807) is 12.1 Å². The fraction of sp³-hybridized carbons (Fsp3) is 0.519. The van der Waals surface area contributed by atoms with Crippen LogP contribution in [0.1, 0.15) is 32.3 Å². The van der Waals surface area contributed by atoms with Crippen LogP contribution in [-0.2, 0) is 21.2 Å². The van der Waals surface area contributed by atoms with E-state index < -0.39 is 22.2 Å². The van der Waals surface area contributed by atoms with Crippen molar-refractivity contribution in [3.63, 3.8) is 0 Å². The van der Waals surface area contributed by atoms with Crippen molar-refractivity contribution in [2.24, 2.45) is 11.8 Å². The van der Waals surface area contributed by atoms with E-state index in [0.29, 0.717) is 18.7 Å². The Labute approximate surface area is 215 Å². The number of hydrogen-bond donors (Lipinski definition) is 3. The van der Waals surface area contributed by atoms with Gasteiger partial charge in [-0.3, -0.25) is 4.79 Å². The first-order valence-electron chi connectivity index (χ1n) is 12.6. The number of carbonyl (C=O) groups excluding carboxylic acids is 1. The van der Waals surface area contributed by atoms with Crippen LogP contribution in [0.2, 0.25) is 0 Å². The number of aliphatic hydroxyl groups is 1. The lowest BCUT2D eigenvalue weighted by molar-refractivity contribution is -0.127. The molecule has 0 spiro atoms. The first-order valence-corrected chi connectivity index (χ1v) is 14.0. The van der Waals surface area contributed by atoms with Gasteiger partial charge in [0.05, 0.1) is 30.1 Å². The van der Waals surface area contributed by atoms with E-state index >= 15 is 0 Å². The summed E-state index contributed by atoms with van der Waals surface area (Å²) in [6, 6.07) is 15.2. The normalized spacial score (nSPS) is 18.1. The van der Waals surface area contributed by atoms with E-state index in [1.165, 1.54) is 23.5 Å². The van der Waals surface area contributed by atoms with Crippen molar-refractivity contribution >= 4 is 15.9 Å². The molecule has 1 amide bonds. The summed E-state index contributed by atoms with van der Waals surface area (Å²) in [6.45, 7) is 5.47. The topological polar surface area (TPSA) is 108 Å². The van der Waals surface area contributed by atoms with Crippen LogP contribution in [0.3, 0.4) is 0 Å². The molecule has 1 saturated heterocycles. The van der Waals surface area contributed by atoms with Gasteiger partial charge in [0, 0.05) is 19.6 Å². The van der Waals surface area contributed by atoms with Crippen LogP contribution >= 0.6 is 0 Å². The highest BCUT2D eigenvalue weighted by molar-refractivity contribution is 7.89. The largest absolute Gasteiger partial charge is 0.497 e. The van der Waals surface area contributed by atoms with Crippen molar-refractivity contribution in [2.75, 3.05) is 33.3 Å². The third kappa shape index (κ3) is 7.77. The van der Waals surface area contributed by atoms with Gasteiger partial charge >= 0.3 is 0 Å². The van der Waals surface area contributed by atoms with Crippen LogP contribution in [0, 0.1) is 11.8 Å². The average molecular weight is 518 g/mol. The lowest BCUT2D eigenvalue weighted by Gasteiger charge is -2.32. The summed E-state index contributed by atoms with van der Waals surface area (Å²) in [5.74, 6) is 0.322. The molecule has 0 aromatic heterocycles. The highest BCUT2D eigenvalue weighted by atomic mass is 32.2. The maximum Gasteiger partial charge on any atom is 0.243 e. The number of benzene rings is 2. The maximum absolute atomic E-state index is 13.5. The maximum atomic E-state index is 13.5. The fourth-order valence-electron chi connectivity index (χ4n) is 4.44. The summed E-state index contributed by atoms with van der Waals surface area (Å²) in [5.41, 5.74) is 0.956. The number of hydrogen-bond acceptors (Lipinski definition) is 6. The van der Waals surface area contributed by atoms with Gasteiger partial charge in [-0.05, 0) is 61.6 Å². The van der Waals surface area contributed by atoms with Crippen LogP contribution in [0.25, 0.3) is 0 Å². The van der Waals surface area contributed by atoms with Gasteiger partial charge in [-0.25, -0.2) is 8.42 Å². The number of sulfonamides is 1. The smallest absolute Gasteiger partial charge is 0.243 e. The van der Waals surface area contributed by atoms with Gasteiger partial charge in [0.2, 0.25) is 15.9 Å². The van der Waals surface area contributed by atoms with Crippen LogP contribution < -0.4 is 15.4 Å². The number of aliphatic hydroxyl groups excluding tert-OH is 1. The van der Waals surface area contributed by atoms with Crippen LogP contribution in [0.5, 0.6) is 5.75 Å². The zero-order valence-electron chi connectivity index (χ0n) is 21.4. The molecule has 0 bridgehead atoms. The number of methoxy groups -OCH3 is 1. The summed E-state index contributed by atoms with van der Waals surface area (Å²) in [4.78, 5) is 13.2. The molecule has 0 aliphatic carbocycles. The third-order valence-corrected chi connectivity index (χ3v) is 8.26. The number of piperidine rings is 1. The van der Waals surface area contributed by atoms with Crippen molar-refractivity contribution in [1.29, 1.82) is 0 Å². The Morgan fingerprint density at radius 2 is 1.83 bits per heavy atom. The highest BCUT2D eigenvalue weighted by Crippen LogP contribution is 2.22. The second-order valence-corrected chi connectivity index (χ2v) is 11.7. The molecule has 8 nitrogen and oxygen atoms in total. The van der Waals surface area contributed by atoms with Crippen molar-refractivity contribution in [2.45, 2.75) is 50.2 Å². The summed E-state index contributed by atoms with van der Waals surface area (Å²) in [6.07, 6.45) is 1.01. The molecule has 3 rings (SSSR count). The Morgan fingerprint density at radius 3 is 2.42 bits per heavy atom. The van der Waals surface area contributed by atoms with E-state index in [2.05, 4.69) is 10.6 Å². The first-order chi connectivity index (χ1) is 17.2. The lowest BCUT2D eigenvalue weighted by atomic mass is 9.96. The summed E-state index contributed by atoms with van der Waals surface area (Å²) < 4.78 is 33.5. The van der Waals surface area contributed by atoms with Crippen molar-refractivity contribution < 1.29 is 23.1 Å². The lowest BCUT2D eigenvalue weighted by Crippen LogP contribution is -2.53. The zero-order valence-corrected chi connectivity index (χ0v) is 22.2. The van der Waals surface area contributed by atoms with Gasteiger partial charge in [0.1, 0.15) is 5.75 Å². The summed E-state index contributed by atoms with van der Waals surface area (Å²) in [7, 11) is -2.35. The first kappa shape index (κ1) is 28.1. The molecule has 1 fully saturated rings. The van der Waals surface area contributed by atoms with E-state index in [4.69, 9.17) is 4.74 Å². The SMILES string of the molecule is COc1ccc(S(=O)(=O)N(CC(C)C)C[C@@H](O)[C@H](Cc2ccccc2)NC(=O)[C@H]2CCCNC2)cc1. The van der Waals surface area contributed by atoms with Gasteiger partial charge < -0.3 is 20.5 Å². The van der Waals surface area contributed by atoms with Crippen LogP contribution in [0.15, 0.2) is 59.5 Å². The fourth-order valence-corrected chi connectivity index (χ4v) is 6.06. The zero-order chi connectivity index (χ0) is 26.1. The van der Waals surface area contributed by atoms with E-state index in [9.17, 15) is 18.3 Å². The second kappa shape index (κ2) is 13.2. The van der Waals surface area contributed by atoms with Gasteiger partial charge in [-0.2, -0.15) is 4.31 Å². The van der Waals surface area contributed by atoms with Crippen molar-refractivity contribution in [3.05, 3.63) is 60.2 Å². The summed E-state index contributed by atoms with van der Waals surface area (Å²) >= 11 is 0. The van der Waals surface area contributed by atoms with Crippen molar-refractivity contribution in [3.8, 4) is 5.75 Å². The molecule has 0 unspecified atom stereocenters. The molecular formula is C27H39N3O5S. The van der Waals surface area contributed by atoms with Crippen molar-refractivity contribution in [1.82, 2.24) is 14.9 Å². The molecule has 1 aliphatic rings. The monoisotopic (exact) mass is 517 g/mol. The Hall–Kier alpha value is -2.46. The van der Waals surface area contributed by atoms with Crippen LogP contribution in [-0.4, -0.2) is 69.2 Å². The molecule has 0 saturated carbocycles.